The highest BCUT2D eigenvalue weighted by Crippen LogP contribution is 2.39. The van der Waals surface area contributed by atoms with Crippen molar-refractivity contribution in [1.82, 2.24) is 4.90 Å². The Kier molecular flexibility index (Phi) is 19.0. The number of fused-ring (bicyclic) bond motifs is 3. The molecule has 0 spiro atoms. The molecule has 1 aliphatic carbocycles. The van der Waals surface area contributed by atoms with E-state index < -0.39 is 83.9 Å². The Morgan fingerprint density at radius 3 is 2.22 bits per heavy atom. The first-order valence-electron chi connectivity index (χ1n) is 21.1. The molecule has 3 N–H and O–H groups in total. The number of halogens is 2. The van der Waals surface area contributed by atoms with Crippen molar-refractivity contribution in [3.8, 4) is 0 Å². The van der Waals surface area contributed by atoms with E-state index >= 15 is 0 Å². The lowest BCUT2D eigenvalue weighted by atomic mass is 9.81. The summed E-state index contributed by atoms with van der Waals surface area (Å²) in [4.78, 5) is 58.2. The van der Waals surface area contributed by atoms with Crippen LogP contribution in [0.15, 0.2) is 32.8 Å². The molecule has 1 amide bonds. The second-order valence-electron chi connectivity index (χ2n) is 17.5. The van der Waals surface area contributed by atoms with Gasteiger partial charge in [0.1, 0.15) is 24.0 Å². The highest BCUT2D eigenvalue weighted by atomic mass is 79.9. The number of carbonyl (C=O) groups excluding carboxylic acids is 4. The lowest BCUT2D eigenvalue weighted by Gasteiger charge is -2.47. The van der Waals surface area contributed by atoms with Crippen LogP contribution in [-0.2, 0) is 42.9 Å². The van der Waals surface area contributed by atoms with Crippen molar-refractivity contribution in [1.29, 1.82) is 0 Å². The standard InChI is InChI=1S/C44H67Br2NO12/c1-24-17-25(2)19-36(56-7)40-37(57-8)21-27(4)44(54,59-40)41(51)42(52)47-16-10-9-11-31(47)43(53)58-39(26(3)20-29-12-14-32(48)35(22-29)55-6)28(5)33(49)23-34(50)30(18-24)13-15-38(45)46/h15,18,20,25,27-33,35-37,39-40,48-49,54H,9-14,16-17,19,21-23H2,1-8H3/b24-18+,26-20+/t25-,27+,28+,29-,30+,31-,32+,33-,35+,36-,37-,39+,40+,44+/m0/s1. The molecule has 0 radical (unpaired) electrons. The summed E-state index contributed by atoms with van der Waals surface area (Å²) in [6.07, 6.45) is 4.97. The van der Waals surface area contributed by atoms with Gasteiger partial charge in [0.2, 0.25) is 5.79 Å². The predicted octanol–water partition coefficient (Wildman–Crippen LogP) is 6.08. The SMILES string of the molecule is CO[C@H]1C[C@@H](C)C/C(C)=C/[C@@H](CC=C(Br)Br)C(=O)C[C@H](O)[C@@H](C)[C@@H](/C(C)=C/[C@@H]2CC[C@@H](O)[C@H](OC)C2)OC(=O)[C@@H]2CCCCN2C(=O)C(=O)[C@]2(O)O[C@H]1[C@@H](OC)C[C@H]2C. The number of hydrogen-bond acceptors (Lipinski definition) is 12. The third-order valence-electron chi connectivity index (χ3n) is 13.0. The van der Waals surface area contributed by atoms with Gasteiger partial charge in [-0.25, -0.2) is 4.79 Å². The van der Waals surface area contributed by atoms with Crippen LogP contribution in [0.1, 0.15) is 105 Å². The number of hydrogen-bond donors (Lipinski definition) is 3. The second kappa shape index (κ2) is 22.5. The van der Waals surface area contributed by atoms with Gasteiger partial charge in [-0.1, -0.05) is 44.6 Å². The summed E-state index contributed by atoms with van der Waals surface area (Å²) in [5, 5.41) is 34.3. The smallest absolute Gasteiger partial charge is 0.329 e. The number of ketones is 2. The molecule has 334 valence electrons. The average Bonchev–Trinajstić information content (AvgIpc) is 3.20. The van der Waals surface area contributed by atoms with Gasteiger partial charge in [0, 0.05) is 52.0 Å². The van der Waals surface area contributed by atoms with E-state index in [1.807, 2.05) is 39.0 Å². The Morgan fingerprint density at radius 2 is 1.58 bits per heavy atom. The largest absolute Gasteiger partial charge is 0.456 e. The fourth-order valence-corrected chi connectivity index (χ4v) is 9.84. The number of aliphatic hydroxyl groups excluding tert-OH is 2. The Hall–Kier alpha value is -1.82. The quantitative estimate of drug-likeness (QED) is 0.152. The van der Waals surface area contributed by atoms with Gasteiger partial charge >= 0.3 is 5.97 Å². The average molecular weight is 962 g/mol. The molecule has 3 heterocycles. The zero-order chi connectivity index (χ0) is 43.8. The monoisotopic (exact) mass is 959 g/mol. The van der Waals surface area contributed by atoms with Crippen LogP contribution in [0.3, 0.4) is 0 Å². The Balaban J connectivity index is 1.80. The molecule has 3 fully saturated rings. The topological polar surface area (TPSA) is 178 Å². The summed E-state index contributed by atoms with van der Waals surface area (Å²) in [7, 11) is 4.61. The van der Waals surface area contributed by atoms with E-state index in [0.29, 0.717) is 60.3 Å². The lowest BCUT2D eigenvalue weighted by molar-refractivity contribution is -0.302. The van der Waals surface area contributed by atoms with E-state index in [9.17, 15) is 34.5 Å². The van der Waals surface area contributed by atoms with Crippen LogP contribution < -0.4 is 0 Å². The van der Waals surface area contributed by atoms with Gasteiger partial charge in [0.05, 0.1) is 33.9 Å². The van der Waals surface area contributed by atoms with Crippen molar-refractivity contribution >= 4 is 55.3 Å². The summed E-state index contributed by atoms with van der Waals surface area (Å²) in [5.41, 5.74) is 1.60. The molecule has 13 nitrogen and oxygen atoms in total. The lowest BCUT2D eigenvalue weighted by Crippen LogP contribution is -2.64. The van der Waals surface area contributed by atoms with E-state index in [0.717, 1.165) is 5.57 Å². The summed E-state index contributed by atoms with van der Waals surface area (Å²) >= 11 is 6.81. The molecule has 1 saturated carbocycles. The number of esters is 1. The first-order valence-corrected chi connectivity index (χ1v) is 22.7. The molecule has 3 aliphatic heterocycles. The minimum Gasteiger partial charge on any atom is -0.456 e. The first-order chi connectivity index (χ1) is 27.8. The number of allylic oxidation sites excluding steroid dienone is 4. The Labute approximate surface area is 366 Å². The molecule has 4 rings (SSSR count). The van der Waals surface area contributed by atoms with Crippen LogP contribution >= 0.6 is 31.9 Å². The molecule has 2 bridgehead atoms. The van der Waals surface area contributed by atoms with Crippen molar-refractivity contribution in [3.05, 3.63) is 32.8 Å². The number of aliphatic hydroxyl groups is 3. The van der Waals surface area contributed by atoms with Crippen molar-refractivity contribution in [2.75, 3.05) is 27.9 Å². The van der Waals surface area contributed by atoms with E-state index in [1.165, 1.54) is 19.1 Å². The third kappa shape index (κ3) is 12.6. The summed E-state index contributed by atoms with van der Waals surface area (Å²) in [5.74, 6) is -7.86. The van der Waals surface area contributed by atoms with E-state index in [4.69, 9.17) is 23.7 Å². The van der Waals surface area contributed by atoms with Gasteiger partial charge in [0.15, 0.2) is 0 Å². The second-order valence-corrected chi connectivity index (χ2v) is 20.2. The molecule has 0 aromatic rings. The summed E-state index contributed by atoms with van der Waals surface area (Å²) in [6, 6.07) is -1.15. The zero-order valence-electron chi connectivity index (χ0n) is 35.9. The predicted molar refractivity (Wildman–Crippen MR) is 228 cm³/mol. The first kappa shape index (κ1) is 49.8. The molecule has 0 aromatic heterocycles. The number of carbonyl (C=O) groups is 4. The summed E-state index contributed by atoms with van der Waals surface area (Å²) in [6.45, 7) is 9.25. The third-order valence-corrected chi connectivity index (χ3v) is 13.6. The van der Waals surface area contributed by atoms with Crippen LogP contribution in [0.4, 0.5) is 0 Å². The van der Waals surface area contributed by atoms with Gasteiger partial charge in [0.25, 0.3) is 11.7 Å². The highest BCUT2D eigenvalue weighted by Gasteiger charge is 2.56. The van der Waals surface area contributed by atoms with Crippen LogP contribution in [-0.4, -0.2) is 126 Å². The molecule has 14 atom stereocenters. The molecule has 0 unspecified atom stereocenters. The number of cyclic esters (lactones) is 1. The molecule has 59 heavy (non-hydrogen) atoms. The van der Waals surface area contributed by atoms with E-state index in [1.54, 1.807) is 21.0 Å². The van der Waals surface area contributed by atoms with Crippen molar-refractivity contribution in [2.24, 2.45) is 29.6 Å². The maximum absolute atomic E-state index is 14.4. The van der Waals surface area contributed by atoms with Gasteiger partial charge in [-0.15, -0.1) is 0 Å². The fourth-order valence-electron chi connectivity index (χ4n) is 9.46. The van der Waals surface area contributed by atoms with Gasteiger partial charge < -0.3 is 43.9 Å². The Morgan fingerprint density at radius 1 is 0.915 bits per heavy atom. The van der Waals surface area contributed by atoms with Crippen molar-refractivity contribution in [3.63, 3.8) is 0 Å². The number of piperidine rings is 1. The minimum absolute atomic E-state index is 0.00426. The van der Waals surface area contributed by atoms with Crippen molar-refractivity contribution < 1.29 is 58.2 Å². The van der Waals surface area contributed by atoms with E-state index in [-0.39, 0.29) is 49.5 Å². The number of Topliss-reactive ketones (excluding diaryl/α,β-unsaturated/α-hetero) is 2. The molecule has 15 heteroatoms. The van der Waals surface area contributed by atoms with E-state index in [2.05, 4.69) is 31.9 Å². The summed E-state index contributed by atoms with van der Waals surface area (Å²) < 4.78 is 30.5. The van der Waals surface area contributed by atoms with Crippen molar-refractivity contribution in [2.45, 2.75) is 160 Å². The van der Waals surface area contributed by atoms with Crippen LogP contribution in [0.25, 0.3) is 0 Å². The van der Waals surface area contributed by atoms with Crippen LogP contribution in [0, 0.1) is 29.6 Å². The molecule has 4 aliphatic rings. The maximum Gasteiger partial charge on any atom is 0.329 e. The van der Waals surface area contributed by atoms with Crippen LogP contribution in [0.5, 0.6) is 0 Å². The number of ether oxygens (including phenoxy) is 5. The molecular weight excluding hydrogens is 894 g/mol. The minimum atomic E-state index is -2.52. The zero-order valence-corrected chi connectivity index (χ0v) is 39.1. The fraction of sp³-hybridized carbons (Fsp3) is 0.773. The number of nitrogens with zero attached hydrogens (tertiary/aromatic N) is 1. The molecule has 0 aromatic carbocycles. The normalized spacial score (nSPS) is 39.9. The highest BCUT2D eigenvalue weighted by molar-refractivity contribution is 9.28. The van der Waals surface area contributed by atoms with Gasteiger partial charge in [-0.3, -0.25) is 14.4 Å². The molecule has 2 saturated heterocycles. The molecular formula is C44H67Br2NO12. The number of amides is 1. The number of rotatable bonds is 7. The maximum atomic E-state index is 14.4. The van der Waals surface area contributed by atoms with Gasteiger partial charge in [-0.05, 0) is 127 Å². The van der Waals surface area contributed by atoms with Gasteiger partial charge in [-0.2, -0.15) is 0 Å². The Bertz CT molecular complexity index is 1570. The number of methoxy groups -OCH3 is 3. The van der Waals surface area contributed by atoms with Crippen LogP contribution in [0.2, 0.25) is 0 Å².